The maximum atomic E-state index is 12.0. The summed E-state index contributed by atoms with van der Waals surface area (Å²) in [6, 6.07) is 14.7. The van der Waals surface area contributed by atoms with Crippen molar-refractivity contribution in [2.24, 2.45) is 0 Å². The van der Waals surface area contributed by atoms with E-state index in [0.717, 1.165) is 16.7 Å². The number of hydrogen-bond acceptors (Lipinski definition) is 5. The van der Waals surface area contributed by atoms with Gasteiger partial charge in [0.05, 0.1) is 20.0 Å². The minimum atomic E-state index is -1.03. The Bertz CT molecular complexity index is 836. The smallest absolute Gasteiger partial charge is 0.306 e. The summed E-state index contributed by atoms with van der Waals surface area (Å²) in [6.45, 7) is 0. The van der Waals surface area contributed by atoms with Crippen molar-refractivity contribution < 1.29 is 24.2 Å². The summed E-state index contributed by atoms with van der Waals surface area (Å²) in [6.07, 6.45) is -0.0950. The van der Waals surface area contributed by atoms with Gasteiger partial charge < -0.3 is 20.9 Å². The number of carboxylic acid groups (broad SMARTS) is 1. The molecule has 28 heavy (non-hydrogen) atoms. The van der Waals surface area contributed by atoms with Gasteiger partial charge in [0.15, 0.2) is 0 Å². The van der Waals surface area contributed by atoms with Crippen molar-refractivity contribution in [3.63, 3.8) is 0 Å². The first-order valence-electron chi connectivity index (χ1n) is 8.91. The second kappa shape index (κ2) is 10.1. The second-order valence-corrected chi connectivity index (χ2v) is 6.42. The topological polar surface area (TPSA) is 119 Å². The summed E-state index contributed by atoms with van der Waals surface area (Å²) in [4.78, 5) is 34.3. The fourth-order valence-electron chi connectivity index (χ4n) is 2.86. The van der Waals surface area contributed by atoms with E-state index in [-0.39, 0.29) is 25.7 Å². The SMILES string of the molecule is COC(=O)CCC(=O)NC(CC(=O)O)Cc1ccc(-c2ccccc2)cc1N. The van der Waals surface area contributed by atoms with Crippen molar-refractivity contribution in [2.45, 2.75) is 31.7 Å². The molecule has 0 aliphatic carbocycles. The first kappa shape index (κ1) is 21.0. The van der Waals surface area contributed by atoms with Gasteiger partial charge in [-0.3, -0.25) is 14.4 Å². The number of nitrogen functional groups attached to an aromatic ring is 1. The molecule has 2 aromatic rings. The molecular formula is C21H24N2O5. The normalized spacial score (nSPS) is 11.5. The average molecular weight is 384 g/mol. The van der Waals surface area contributed by atoms with Gasteiger partial charge in [0.2, 0.25) is 5.91 Å². The number of hydrogen-bond donors (Lipinski definition) is 3. The fourth-order valence-corrected chi connectivity index (χ4v) is 2.86. The molecule has 0 saturated heterocycles. The highest BCUT2D eigenvalue weighted by Crippen LogP contribution is 2.25. The number of anilines is 1. The highest BCUT2D eigenvalue weighted by Gasteiger charge is 2.18. The van der Waals surface area contributed by atoms with E-state index in [1.54, 1.807) is 0 Å². The number of rotatable bonds is 9. The van der Waals surface area contributed by atoms with Crippen molar-refractivity contribution in [1.82, 2.24) is 5.32 Å². The minimum Gasteiger partial charge on any atom is -0.481 e. The standard InChI is InChI=1S/C21H24N2O5/c1-28-21(27)10-9-19(24)23-17(13-20(25)26)11-16-8-7-15(12-18(16)22)14-5-3-2-4-6-14/h2-8,12,17H,9-11,13,22H2,1H3,(H,23,24)(H,25,26). The number of nitrogens with two attached hydrogens (primary N) is 1. The molecule has 4 N–H and O–H groups in total. The fraction of sp³-hybridized carbons (Fsp3) is 0.286. The van der Waals surface area contributed by atoms with Crippen LogP contribution >= 0.6 is 0 Å². The minimum absolute atomic E-state index is 0.0595. The van der Waals surface area contributed by atoms with Crippen LogP contribution in [0.2, 0.25) is 0 Å². The zero-order chi connectivity index (χ0) is 20.5. The van der Waals surface area contributed by atoms with Crippen LogP contribution < -0.4 is 11.1 Å². The van der Waals surface area contributed by atoms with E-state index in [9.17, 15) is 14.4 Å². The van der Waals surface area contributed by atoms with E-state index in [0.29, 0.717) is 5.69 Å². The number of amides is 1. The predicted octanol–water partition coefficient (Wildman–Crippen LogP) is 2.39. The molecule has 0 aromatic heterocycles. The number of carbonyl (C=O) groups excluding carboxylic acids is 2. The Kier molecular flexibility index (Phi) is 7.56. The van der Waals surface area contributed by atoms with Gasteiger partial charge in [-0.25, -0.2) is 0 Å². The van der Waals surface area contributed by atoms with Crippen molar-refractivity contribution in [2.75, 3.05) is 12.8 Å². The molecule has 0 aliphatic heterocycles. The molecule has 1 amide bonds. The largest absolute Gasteiger partial charge is 0.481 e. The van der Waals surface area contributed by atoms with E-state index in [2.05, 4.69) is 10.1 Å². The van der Waals surface area contributed by atoms with Crippen LogP contribution in [0, 0.1) is 0 Å². The quantitative estimate of drug-likeness (QED) is 0.451. The van der Waals surface area contributed by atoms with Crippen LogP contribution in [-0.4, -0.2) is 36.1 Å². The number of esters is 1. The Hall–Kier alpha value is -3.35. The van der Waals surface area contributed by atoms with Crippen LogP contribution in [0.5, 0.6) is 0 Å². The number of aliphatic carboxylic acids is 1. The highest BCUT2D eigenvalue weighted by molar-refractivity contribution is 5.82. The van der Waals surface area contributed by atoms with Gasteiger partial charge >= 0.3 is 11.9 Å². The first-order chi connectivity index (χ1) is 13.4. The molecule has 1 unspecified atom stereocenters. The monoisotopic (exact) mass is 384 g/mol. The number of nitrogens with one attached hydrogen (secondary N) is 1. The molecule has 0 radical (unpaired) electrons. The molecule has 0 aliphatic rings. The maximum absolute atomic E-state index is 12.0. The van der Waals surface area contributed by atoms with Crippen molar-refractivity contribution in [3.05, 3.63) is 54.1 Å². The van der Waals surface area contributed by atoms with E-state index in [4.69, 9.17) is 10.8 Å². The summed E-state index contributed by atoms with van der Waals surface area (Å²) in [5.74, 6) is -1.93. The van der Waals surface area contributed by atoms with Gasteiger partial charge in [-0.2, -0.15) is 0 Å². The zero-order valence-corrected chi connectivity index (χ0v) is 15.7. The van der Waals surface area contributed by atoms with Crippen LogP contribution in [0.1, 0.15) is 24.8 Å². The molecular weight excluding hydrogens is 360 g/mol. The highest BCUT2D eigenvalue weighted by atomic mass is 16.5. The van der Waals surface area contributed by atoms with Crippen molar-refractivity contribution in [3.8, 4) is 11.1 Å². The number of benzene rings is 2. The van der Waals surface area contributed by atoms with Gasteiger partial charge in [-0.1, -0.05) is 42.5 Å². The molecule has 2 aromatic carbocycles. The van der Waals surface area contributed by atoms with Gasteiger partial charge in [0.25, 0.3) is 0 Å². The summed E-state index contributed by atoms with van der Waals surface area (Å²) >= 11 is 0. The molecule has 148 valence electrons. The average Bonchev–Trinajstić information content (AvgIpc) is 2.67. The molecule has 0 heterocycles. The first-order valence-corrected chi connectivity index (χ1v) is 8.91. The lowest BCUT2D eigenvalue weighted by atomic mass is 9.97. The Labute approximate surface area is 163 Å². The van der Waals surface area contributed by atoms with Crippen LogP contribution in [0.15, 0.2) is 48.5 Å². The summed E-state index contributed by atoms with van der Waals surface area (Å²) in [5.41, 5.74) is 9.43. The van der Waals surface area contributed by atoms with Gasteiger partial charge in [-0.05, 0) is 29.2 Å². The van der Waals surface area contributed by atoms with Gasteiger partial charge in [-0.15, -0.1) is 0 Å². The Balaban J connectivity index is 2.08. The van der Waals surface area contributed by atoms with E-state index in [1.165, 1.54) is 7.11 Å². The summed E-state index contributed by atoms with van der Waals surface area (Å²) in [5, 5.41) is 11.8. The number of methoxy groups -OCH3 is 1. The van der Waals surface area contributed by atoms with Crippen LogP contribution in [0.25, 0.3) is 11.1 Å². The molecule has 1 atom stereocenters. The summed E-state index contributed by atoms with van der Waals surface area (Å²) < 4.78 is 4.50. The van der Waals surface area contributed by atoms with E-state index < -0.39 is 23.9 Å². The Morgan fingerprint density at radius 1 is 1.07 bits per heavy atom. The third-order valence-corrected chi connectivity index (χ3v) is 4.29. The molecule has 0 fully saturated rings. The molecule has 2 rings (SSSR count). The lowest BCUT2D eigenvalue weighted by Gasteiger charge is -2.18. The lowest BCUT2D eigenvalue weighted by molar-refractivity contribution is -0.142. The van der Waals surface area contributed by atoms with Crippen LogP contribution in [0.4, 0.5) is 5.69 Å². The van der Waals surface area contributed by atoms with E-state index >= 15 is 0 Å². The van der Waals surface area contributed by atoms with Crippen LogP contribution in [-0.2, 0) is 25.5 Å². The molecule has 0 bridgehead atoms. The Morgan fingerprint density at radius 3 is 2.39 bits per heavy atom. The third-order valence-electron chi connectivity index (χ3n) is 4.29. The molecule has 7 heteroatoms. The molecule has 0 saturated carbocycles. The second-order valence-electron chi connectivity index (χ2n) is 6.42. The van der Waals surface area contributed by atoms with Gasteiger partial charge in [0.1, 0.15) is 0 Å². The third kappa shape index (κ3) is 6.42. The van der Waals surface area contributed by atoms with Crippen molar-refractivity contribution in [1.29, 1.82) is 0 Å². The Morgan fingerprint density at radius 2 is 1.79 bits per heavy atom. The van der Waals surface area contributed by atoms with Gasteiger partial charge in [0, 0.05) is 18.2 Å². The van der Waals surface area contributed by atoms with Crippen LogP contribution in [0.3, 0.4) is 0 Å². The number of carbonyl (C=O) groups is 3. The molecule has 7 nitrogen and oxygen atoms in total. The maximum Gasteiger partial charge on any atom is 0.306 e. The lowest BCUT2D eigenvalue weighted by Crippen LogP contribution is -2.38. The number of ether oxygens (including phenoxy) is 1. The predicted molar refractivity (Wildman–Crippen MR) is 105 cm³/mol. The molecule has 0 spiro atoms. The van der Waals surface area contributed by atoms with E-state index in [1.807, 2.05) is 48.5 Å². The number of carboxylic acids is 1. The summed E-state index contributed by atoms with van der Waals surface area (Å²) in [7, 11) is 1.25. The van der Waals surface area contributed by atoms with Crippen molar-refractivity contribution >= 4 is 23.5 Å². The zero-order valence-electron chi connectivity index (χ0n) is 15.7.